The number of benzene rings is 2. The molecular formula is C26H33ClN2O4. The highest BCUT2D eigenvalue weighted by molar-refractivity contribution is 6.30. The molecule has 2 aromatic rings. The molecule has 1 saturated carbocycles. The smallest absolute Gasteiger partial charge is 0.242 e. The van der Waals surface area contributed by atoms with Crippen molar-refractivity contribution in [3.05, 3.63) is 59.1 Å². The molecular weight excluding hydrogens is 440 g/mol. The Morgan fingerprint density at radius 2 is 1.85 bits per heavy atom. The van der Waals surface area contributed by atoms with E-state index in [0.29, 0.717) is 36.8 Å². The minimum Gasteiger partial charge on any atom is -0.497 e. The van der Waals surface area contributed by atoms with Crippen LogP contribution in [0.1, 0.15) is 51.0 Å². The van der Waals surface area contributed by atoms with Crippen LogP contribution in [0.3, 0.4) is 0 Å². The summed E-state index contributed by atoms with van der Waals surface area (Å²) in [6.45, 7) is 2.54. The van der Waals surface area contributed by atoms with Gasteiger partial charge < -0.3 is 19.7 Å². The Balaban J connectivity index is 1.61. The predicted octanol–water partition coefficient (Wildman–Crippen LogP) is 4.98. The zero-order valence-corrected chi connectivity index (χ0v) is 20.1. The molecule has 0 spiro atoms. The molecule has 1 atom stereocenters. The van der Waals surface area contributed by atoms with E-state index < -0.39 is 6.04 Å². The van der Waals surface area contributed by atoms with Crippen molar-refractivity contribution < 1.29 is 19.1 Å². The van der Waals surface area contributed by atoms with Crippen molar-refractivity contribution in [3.63, 3.8) is 0 Å². The van der Waals surface area contributed by atoms with Crippen LogP contribution in [0, 0.1) is 0 Å². The Bertz CT molecular complexity index is 913. The van der Waals surface area contributed by atoms with Crippen LogP contribution in [0.5, 0.6) is 11.5 Å². The van der Waals surface area contributed by atoms with E-state index in [-0.39, 0.29) is 17.9 Å². The Kier molecular flexibility index (Phi) is 9.43. The molecule has 3 rings (SSSR count). The summed E-state index contributed by atoms with van der Waals surface area (Å²) < 4.78 is 11.0. The van der Waals surface area contributed by atoms with Crippen LogP contribution in [0.15, 0.2) is 48.5 Å². The standard InChI is InChI=1S/C26H33ClN2O4/c1-19(26(31)28-22-8-3-4-9-22)29(18-20-7-5-10-24(17-20)32-2)25(30)11-6-16-33-23-14-12-21(27)13-15-23/h5,7,10,12-15,17,19,22H,3-4,6,8-9,11,16,18H2,1-2H3,(H,28,31)/t19-/m1/s1. The number of rotatable bonds is 11. The van der Waals surface area contributed by atoms with Crippen molar-refractivity contribution in [1.82, 2.24) is 10.2 Å². The van der Waals surface area contributed by atoms with Crippen LogP contribution in [-0.2, 0) is 16.1 Å². The normalized spacial score (nSPS) is 14.5. The average Bonchev–Trinajstić information content (AvgIpc) is 3.34. The third-order valence-corrected chi connectivity index (χ3v) is 6.23. The number of hydrogen-bond acceptors (Lipinski definition) is 4. The van der Waals surface area contributed by atoms with Crippen molar-refractivity contribution in [2.45, 2.75) is 64.1 Å². The first kappa shape index (κ1) is 24.9. The van der Waals surface area contributed by atoms with Crippen molar-refractivity contribution in [3.8, 4) is 11.5 Å². The molecule has 0 aliphatic heterocycles. The van der Waals surface area contributed by atoms with E-state index in [1.807, 2.05) is 24.3 Å². The summed E-state index contributed by atoms with van der Waals surface area (Å²) in [7, 11) is 1.61. The molecule has 1 fully saturated rings. The molecule has 0 unspecified atom stereocenters. The molecule has 0 saturated heterocycles. The summed E-state index contributed by atoms with van der Waals surface area (Å²) in [6, 6.07) is 14.4. The minimum atomic E-state index is -0.568. The Labute approximate surface area is 201 Å². The summed E-state index contributed by atoms with van der Waals surface area (Å²) in [5.41, 5.74) is 0.917. The first-order valence-electron chi connectivity index (χ1n) is 11.6. The van der Waals surface area contributed by atoms with Crippen LogP contribution in [0.2, 0.25) is 5.02 Å². The third kappa shape index (κ3) is 7.67. The van der Waals surface area contributed by atoms with E-state index in [9.17, 15) is 9.59 Å². The van der Waals surface area contributed by atoms with Gasteiger partial charge in [-0.25, -0.2) is 0 Å². The molecule has 1 N–H and O–H groups in total. The van der Waals surface area contributed by atoms with E-state index in [4.69, 9.17) is 21.1 Å². The van der Waals surface area contributed by atoms with Crippen molar-refractivity contribution in [2.75, 3.05) is 13.7 Å². The molecule has 0 radical (unpaired) electrons. The fourth-order valence-corrected chi connectivity index (χ4v) is 4.16. The van der Waals surface area contributed by atoms with Crippen LogP contribution in [-0.4, -0.2) is 42.5 Å². The molecule has 7 heteroatoms. The lowest BCUT2D eigenvalue weighted by atomic mass is 10.1. The van der Waals surface area contributed by atoms with E-state index in [1.165, 1.54) is 0 Å². The number of methoxy groups -OCH3 is 1. The zero-order valence-electron chi connectivity index (χ0n) is 19.4. The first-order valence-corrected chi connectivity index (χ1v) is 11.9. The maximum Gasteiger partial charge on any atom is 0.242 e. The fraction of sp³-hybridized carbons (Fsp3) is 0.462. The van der Waals surface area contributed by atoms with Crippen LogP contribution in [0.25, 0.3) is 0 Å². The molecule has 6 nitrogen and oxygen atoms in total. The Hall–Kier alpha value is -2.73. The van der Waals surface area contributed by atoms with Gasteiger partial charge in [0.1, 0.15) is 17.5 Å². The average molecular weight is 473 g/mol. The molecule has 1 aliphatic carbocycles. The predicted molar refractivity (Wildman–Crippen MR) is 130 cm³/mol. The third-order valence-electron chi connectivity index (χ3n) is 5.97. The largest absolute Gasteiger partial charge is 0.497 e. The molecule has 0 aromatic heterocycles. The lowest BCUT2D eigenvalue weighted by Gasteiger charge is -2.30. The van der Waals surface area contributed by atoms with E-state index in [1.54, 1.807) is 43.2 Å². The summed E-state index contributed by atoms with van der Waals surface area (Å²) in [5, 5.41) is 3.77. The first-order chi connectivity index (χ1) is 16.0. The minimum absolute atomic E-state index is 0.0772. The number of nitrogens with one attached hydrogen (secondary N) is 1. The maximum atomic E-state index is 13.2. The highest BCUT2D eigenvalue weighted by Crippen LogP contribution is 2.20. The van der Waals surface area contributed by atoms with Gasteiger partial charge in [0.25, 0.3) is 0 Å². The monoisotopic (exact) mass is 472 g/mol. The summed E-state index contributed by atoms with van der Waals surface area (Å²) in [6.07, 6.45) is 5.12. The molecule has 2 aromatic carbocycles. The summed E-state index contributed by atoms with van der Waals surface area (Å²) >= 11 is 5.90. The summed E-state index contributed by atoms with van der Waals surface area (Å²) in [4.78, 5) is 27.8. The number of carbonyl (C=O) groups is 2. The topological polar surface area (TPSA) is 67.9 Å². The number of halogens is 1. The number of nitrogens with zero attached hydrogens (tertiary/aromatic N) is 1. The second-order valence-corrected chi connectivity index (χ2v) is 8.88. The van der Waals surface area contributed by atoms with Gasteiger partial charge in [0, 0.05) is 24.0 Å². The summed E-state index contributed by atoms with van der Waals surface area (Å²) in [5.74, 6) is 1.26. The number of carbonyl (C=O) groups excluding carboxylic acids is 2. The fourth-order valence-electron chi connectivity index (χ4n) is 4.03. The molecule has 0 bridgehead atoms. The maximum absolute atomic E-state index is 13.2. The van der Waals surface area contributed by atoms with E-state index in [2.05, 4.69) is 5.32 Å². The molecule has 33 heavy (non-hydrogen) atoms. The number of hydrogen-bond donors (Lipinski definition) is 1. The lowest BCUT2D eigenvalue weighted by molar-refractivity contribution is -0.141. The Morgan fingerprint density at radius 1 is 1.12 bits per heavy atom. The zero-order chi connectivity index (χ0) is 23.6. The number of ether oxygens (including phenoxy) is 2. The second kappa shape index (κ2) is 12.5. The van der Waals surface area contributed by atoms with Gasteiger partial charge in [0.05, 0.1) is 13.7 Å². The van der Waals surface area contributed by atoms with Crippen molar-refractivity contribution in [1.29, 1.82) is 0 Å². The van der Waals surface area contributed by atoms with Crippen molar-refractivity contribution >= 4 is 23.4 Å². The van der Waals surface area contributed by atoms with Gasteiger partial charge in [-0.05, 0) is 68.1 Å². The van der Waals surface area contributed by atoms with Gasteiger partial charge in [0.15, 0.2) is 0 Å². The van der Waals surface area contributed by atoms with Gasteiger partial charge in [-0.3, -0.25) is 9.59 Å². The van der Waals surface area contributed by atoms with Crippen molar-refractivity contribution in [2.24, 2.45) is 0 Å². The van der Waals surface area contributed by atoms with Gasteiger partial charge in [-0.15, -0.1) is 0 Å². The molecule has 178 valence electrons. The van der Waals surface area contributed by atoms with Gasteiger partial charge in [-0.1, -0.05) is 36.6 Å². The number of amides is 2. The molecule has 1 aliphatic rings. The quantitative estimate of drug-likeness (QED) is 0.468. The van der Waals surface area contributed by atoms with E-state index >= 15 is 0 Å². The van der Waals surface area contributed by atoms with Gasteiger partial charge in [-0.2, -0.15) is 0 Å². The van der Waals surface area contributed by atoms with Crippen LogP contribution in [0.4, 0.5) is 0 Å². The SMILES string of the molecule is COc1cccc(CN(C(=O)CCCOc2ccc(Cl)cc2)[C@H](C)C(=O)NC2CCCC2)c1. The molecule has 0 heterocycles. The van der Waals surface area contributed by atoms with Gasteiger partial charge in [0.2, 0.25) is 11.8 Å². The van der Waals surface area contributed by atoms with Gasteiger partial charge >= 0.3 is 0 Å². The highest BCUT2D eigenvalue weighted by atomic mass is 35.5. The van der Waals surface area contributed by atoms with Crippen LogP contribution < -0.4 is 14.8 Å². The lowest BCUT2D eigenvalue weighted by Crippen LogP contribution is -2.49. The van der Waals surface area contributed by atoms with Crippen LogP contribution >= 0.6 is 11.6 Å². The Morgan fingerprint density at radius 3 is 2.55 bits per heavy atom. The van der Waals surface area contributed by atoms with E-state index in [0.717, 1.165) is 37.0 Å². The second-order valence-electron chi connectivity index (χ2n) is 8.45. The molecule has 2 amide bonds. The highest BCUT2D eigenvalue weighted by Gasteiger charge is 2.28.